The van der Waals surface area contributed by atoms with Crippen LogP contribution in [0.2, 0.25) is 0 Å². The highest BCUT2D eigenvalue weighted by Crippen LogP contribution is 2.19. The van der Waals surface area contributed by atoms with E-state index in [0.717, 1.165) is 12.8 Å². The van der Waals surface area contributed by atoms with Crippen LogP contribution in [-0.4, -0.2) is 36.1 Å². The molecule has 0 amide bonds. The molecule has 1 aromatic carbocycles. The SMILES string of the molecule is CC(C(N)=S)S(=O)(=O)N1CCc2ccccc2CC1. The Morgan fingerprint density at radius 1 is 1.26 bits per heavy atom. The van der Waals surface area contributed by atoms with Gasteiger partial charge in [-0.3, -0.25) is 0 Å². The zero-order chi connectivity index (χ0) is 14.0. The number of benzene rings is 1. The lowest BCUT2D eigenvalue weighted by Crippen LogP contribution is -2.44. The lowest BCUT2D eigenvalue weighted by molar-refractivity contribution is 0.424. The summed E-state index contributed by atoms with van der Waals surface area (Å²) in [6.45, 7) is 2.54. The Hall–Kier alpha value is -0.980. The minimum Gasteiger partial charge on any atom is -0.392 e. The number of rotatable bonds is 3. The fraction of sp³-hybridized carbons (Fsp3) is 0.462. The van der Waals surface area contributed by atoms with Gasteiger partial charge in [0.05, 0.1) is 4.99 Å². The molecule has 104 valence electrons. The van der Waals surface area contributed by atoms with Crippen LogP contribution in [0.5, 0.6) is 0 Å². The Labute approximate surface area is 119 Å². The van der Waals surface area contributed by atoms with Crippen molar-refractivity contribution in [3.05, 3.63) is 35.4 Å². The van der Waals surface area contributed by atoms with E-state index in [1.54, 1.807) is 6.92 Å². The standard InChI is InChI=1S/C13H18N2O2S2/c1-10(13(14)18)19(16,17)15-8-6-11-4-2-3-5-12(11)7-9-15/h2-5,10H,6-9H2,1H3,(H2,14,18). The monoisotopic (exact) mass is 298 g/mol. The van der Waals surface area contributed by atoms with Crippen LogP contribution in [-0.2, 0) is 22.9 Å². The molecule has 1 heterocycles. The van der Waals surface area contributed by atoms with Crippen LogP contribution in [0.3, 0.4) is 0 Å². The van der Waals surface area contributed by atoms with Gasteiger partial charge in [0.15, 0.2) is 0 Å². The fourth-order valence-electron chi connectivity index (χ4n) is 2.27. The van der Waals surface area contributed by atoms with Crippen molar-refractivity contribution >= 4 is 27.2 Å². The molecule has 0 aromatic heterocycles. The van der Waals surface area contributed by atoms with Gasteiger partial charge in [0.2, 0.25) is 10.0 Å². The van der Waals surface area contributed by atoms with E-state index in [-0.39, 0.29) is 4.99 Å². The summed E-state index contributed by atoms with van der Waals surface area (Å²) in [5, 5.41) is -0.802. The molecule has 1 atom stereocenters. The van der Waals surface area contributed by atoms with Crippen molar-refractivity contribution in [3.63, 3.8) is 0 Å². The summed E-state index contributed by atoms with van der Waals surface area (Å²) in [7, 11) is -3.44. The summed E-state index contributed by atoms with van der Waals surface area (Å²) in [6.07, 6.45) is 1.47. The van der Waals surface area contributed by atoms with Crippen LogP contribution in [0.15, 0.2) is 24.3 Å². The Morgan fingerprint density at radius 2 is 1.74 bits per heavy atom. The highest BCUT2D eigenvalue weighted by Gasteiger charge is 2.31. The lowest BCUT2D eigenvalue weighted by atomic mass is 10.0. The molecule has 0 aliphatic carbocycles. The van der Waals surface area contributed by atoms with E-state index in [1.807, 2.05) is 12.1 Å². The van der Waals surface area contributed by atoms with Crippen molar-refractivity contribution in [1.82, 2.24) is 4.31 Å². The molecule has 1 aliphatic rings. The maximum atomic E-state index is 12.4. The molecule has 0 spiro atoms. The first-order valence-electron chi connectivity index (χ1n) is 6.28. The Kier molecular flexibility index (Phi) is 4.23. The number of nitrogens with two attached hydrogens (primary N) is 1. The highest BCUT2D eigenvalue weighted by molar-refractivity contribution is 7.92. The zero-order valence-electron chi connectivity index (χ0n) is 10.9. The molecule has 1 unspecified atom stereocenters. The lowest BCUT2D eigenvalue weighted by Gasteiger charge is -2.23. The Balaban J connectivity index is 2.20. The Morgan fingerprint density at radius 3 is 2.16 bits per heavy atom. The number of thiocarbonyl (C=S) groups is 1. The van der Waals surface area contributed by atoms with E-state index in [2.05, 4.69) is 12.1 Å². The van der Waals surface area contributed by atoms with Crippen molar-refractivity contribution in [2.45, 2.75) is 25.0 Å². The molecule has 4 nitrogen and oxygen atoms in total. The van der Waals surface area contributed by atoms with Gasteiger partial charge in [-0.2, -0.15) is 0 Å². The van der Waals surface area contributed by atoms with Crippen molar-refractivity contribution in [2.24, 2.45) is 5.73 Å². The number of sulfonamides is 1. The topological polar surface area (TPSA) is 63.4 Å². The smallest absolute Gasteiger partial charge is 0.223 e. The summed E-state index contributed by atoms with van der Waals surface area (Å²) >= 11 is 4.81. The fourth-order valence-corrected chi connectivity index (χ4v) is 4.07. The molecular formula is C13H18N2O2S2. The average molecular weight is 298 g/mol. The first-order chi connectivity index (χ1) is 8.93. The van der Waals surface area contributed by atoms with Crippen molar-refractivity contribution in [2.75, 3.05) is 13.1 Å². The van der Waals surface area contributed by atoms with E-state index in [9.17, 15) is 8.42 Å². The average Bonchev–Trinajstić information content (AvgIpc) is 2.60. The third kappa shape index (κ3) is 2.96. The second-order valence-corrected chi connectivity index (χ2v) is 7.48. The van der Waals surface area contributed by atoms with Gasteiger partial charge in [-0.1, -0.05) is 36.5 Å². The summed E-state index contributed by atoms with van der Waals surface area (Å²) < 4.78 is 26.3. The first kappa shape index (κ1) is 14.4. The molecular weight excluding hydrogens is 280 g/mol. The zero-order valence-corrected chi connectivity index (χ0v) is 12.5. The molecule has 2 rings (SSSR count). The number of hydrogen-bond acceptors (Lipinski definition) is 3. The number of nitrogens with zero attached hydrogens (tertiary/aromatic N) is 1. The second-order valence-electron chi connectivity index (χ2n) is 4.76. The van der Waals surface area contributed by atoms with Crippen LogP contribution in [0.1, 0.15) is 18.1 Å². The van der Waals surface area contributed by atoms with Crippen LogP contribution in [0, 0.1) is 0 Å². The normalized spacial score (nSPS) is 18.4. The van der Waals surface area contributed by atoms with Crippen LogP contribution in [0.25, 0.3) is 0 Å². The minimum atomic E-state index is -3.44. The third-order valence-electron chi connectivity index (χ3n) is 3.59. The van der Waals surface area contributed by atoms with E-state index >= 15 is 0 Å². The van der Waals surface area contributed by atoms with Gasteiger partial charge in [-0.15, -0.1) is 0 Å². The van der Waals surface area contributed by atoms with Crippen molar-refractivity contribution < 1.29 is 8.42 Å². The van der Waals surface area contributed by atoms with Gasteiger partial charge in [0, 0.05) is 13.1 Å². The molecule has 1 aliphatic heterocycles. The van der Waals surface area contributed by atoms with Crippen LogP contribution < -0.4 is 5.73 Å². The number of fused-ring (bicyclic) bond motifs is 1. The van der Waals surface area contributed by atoms with Gasteiger partial charge in [-0.25, -0.2) is 12.7 Å². The molecule has 19 heavy (non-hydrogen) atoms. The molecule has 1 aromatic rings. The Bertz CT molecular complexity index is 557. The molecule has 0 radical (unpaired) electrons. The summed E-state index contributed by atoms with van der Waals surface area (Å²) in [5.74, 6) is 0. The van der Waals surface area contributed by atoms with Gasteiger partial charge < -0.3 is 5.73 Å². The maximum absolute atomic E-state index is 12.4. The predicted molar refractivity (Wildman–Crippen MR) is 80.6 cm³/mol. The van der Waals surface area contributed by atoms with Gasteiger partial charge in [-0.05, 0) is 30.9 Å². The largest absolute Gasteiger partial charge is 0.392 e. The predicted octanol–water partition coefficient (Wildman–Crippen LogP) is 1.09. The van der Waals surface area contributed by atoms with Crippen LogP contribution in [0.4, 0.5) is 0 Å². The van der Waals surface area contributed by atoms with Gasteiger partial charge in [0.1, 0.15) is 5.25 Å². The quantitative estimate of drug-likeness (QED) is 0.849. The summed E-state index contributed by atoms with van der Waals surface area (Å²) in [4.78, 5) is 0.0294. The van der Waals surface area contributed by atoms with E-state index in [1.165, 1.54) is 15.4 Å². The first-order valence-corrected chi connectivity index (χ1v) is 8.19. The van der Waals surface area contributed by atoms with Crippen LogP contribution >= 0.6 is 12.2 Å². The van der Waals surface area contributed by atoms with Crippen molar-refractivity contribution in [1.29, 1.82) is 0 Å². The highest BCUT2D eigenvalue weighted by atomic mass is 32.2. The van der Waals surface area contributed by atoms with E-state index in [0.29, 0.717) is 13.1 Å². The third-order valence-corrected chi connectivity index (χ3v) is 6.32. The number of hydrogen-bond donors (Lipinski definition) is 1. The van der Waals surface area contributed by atoms with E-state index < -0.39 is 15.3 Å². The second kappa shape index (κ2) is 5.56. The van der Waals surface area contributed by atoms with Gasteiger partial charge >= 0.3 is 0 Å². The van der Waals surface area contributed by atoms with E-state index in [4.69, 9.17) is 18.0 Å². The molecule has 0 fully saturated rings. The minimum absolute atomic E-state index is 0.0294. The van der Waals surface area contributed by atoms with Gasteiger partial charge in [0.25, 0.3) is 0 Å². The molecule has 0 saturated carbocycles. The maximum Gasteiger partial charge on any atom is 0.223 e. The molecule has 0 bridgehead atoms. The summed E-state index contributed by atoms with van der Waals surface area (Å²) in [5.41, 5.74) is 7.93. The molecule has 0 saturated heterocycles. The molecule has 6 heteroatoms. The van der Waals surface area contributed by atoms with Crippen molar-refractivity contribution in [3.8, 4) is 0 Å². The molecule has 2 N–H and O–H groups in total. The summed E-state index contributed by atoms with van der Waals surface area (Å²) in [6, 6.07) is 8.09.